The van der Waals surface area contributed by atoms with Gasteiger partial charge in [0.05, 0.1) is 13.7 Å². The van der Waals surface area contributed by atoms with Crippen LogP contribution in [0.3, 0.4) is 0 Å². The first-order valence-electron chi connectivity index (χ1n) is 7.78. The number of rotatable bonds is 5. The first kappa shape index (κ1) is 17.1. The molecule has 25 heavy (non-hydrogen) atoms. The molecule has 2 heterocycles. The minimum absolute atomic E-state index is 0.289. The van der Waals surface area contributed by atoms with Crippen LogP contribution in [0.25, 0.3) is 0 Å². The van der Waals surface area contributed by atoms with E-state index in [0.29, 0.717) is 17.6 Å². The van der Waals surface area contributed by atoms with Crippen LogP contribution in [-0.4, -0.2) is 42.2 Å². The Labute approximate surface area is 145 Å². The number of esters is 1. The molecular formula is C17H17BN2O5. The number of hydrogen-bond acceptors (Lipinski definition) is 6. The highest BCUT2D eigenvalue weighted by Crippen LogP contribution is 2.12. The van der Waals surface area contributed by atoms with Gasteiger partial charge in [-0.05, 0) is 40.9 Å². The van der Waals surface area contributed by atoms with Crippen LogP contribution in [-0.2, 0) is 27.2 Å². The molecule has 2 N–H and O–H groups in total. The SMILES string of the molecule is COC(=O)[C@H](Cc1ccncc1)NC(=O)c1ccc2c(c1)B(O)OC2. The van der Waals surface area contributed by atoms with Gasteiger partial charge in [0, 0.05) is 24.4 Å². The van der Waals surface area contributed by atoms with Gasteiger partial charge in [0.1, 0.15) is 6.04 Å². The van der Waals surface area contributed by atoms with Crippen LogP contribution in [0.15, 0.2) is 42.7 Å². The van der Waals surface area contributed by atoms with Gasteiger partial charge in [-0.25, -0.2) is 4.79 Å². The summed E-state index contributed by atoms with van der Waals surface area (Å²) in [7, 11) is 0.243. The van der Waals surface area contributed by atoms with Crippen LogP contribution in [0.4, 0.5) is 0 Å². The average molecular weight is 340 g/mol. The average Bonchev–Trinajstić information content (AvgIpc) is 3.01. The number of pyridine rings is 1. The van der Waals surface area contributed by atoms with E-state index in [2.05, 4.69) is 10.3 Å². The first-order valence-corrected chi connectivity index (χ1v) is 7.78. The zero-order valence-corrected chi connectivity index (χ0v) is 13.6. The third kappa shape index (κ3) is 3.86. The Morgan fingerprint density at radius 2 is 2.12 bits per heavy atom. The molecule has 0 saturated heterocycles. The van der Waals surface area contributed by atoms with Crippen molar-refractivity contribution in [1.82, 2.24) is 10.3 Å². The van der Waals surface area contributed by atoms with Gasteiger partial charge in [0.2, 0.25) is 0 Å². The largest absolute Gasteiger partial charge is 0.491 e. The maximum atomic E-state index is 12.5. The molecule has 2 aromatic rings. The highest BCUT2D eigenvalue weighted by atomic mass is 16.5. The third-order valence-electron chi connectivity index (χ3n) is 4.05. The van der Waals surface area contributed by atoms with E-state index in [1.54, 1.807) is 42.7 Å². The monoisotopic (exact) mass is 340 g/mol. The van der Waals surface area contributed by atoms with Crippen LogP contribution >= 0.6 is 0 Å². The lowest BCUT2D eigenvalue weighted by atomic mass is 9.78. The molecule has 0 saturated carbocycles. The number of fused-ring (bicyclic) bond motifs is 1. The second-order valence-corrected chi connectivity index (χ2v) is 5.69. The van der Waals surface area contributed by atoms with Gasteiger partial charge in [-0.2, -0.15) is 0 Å². The molecular weight excluding hydrogens is 323 g/mol. The van der Waals surface area contributed by atoms with E-state index in [-0.39, 0.29) is 6.42 Å². The lowest BCUT2D eigenvalue weighted by Gasteiger charge is -2.17. The molecule has 0 radical (unpaired) electrons. The molecule has 1 aliphatic rings. The number of carbonyl (C=O) groups excluding carboxylic acids is 2. The van der Waals surface area contributed by atoms with Gasteiger partial charge in [0.25, 0.3) is 5.91 Å². The van der Waals surface area contributed by atoms with Crippen LogP contribution in [0.2, 0.25) is 0 Å². The normalized spacial score (nSPS) is 13.9. The van der Waals surface area contributed by atoms with Crippen molar-refractivity contribution in [3.63, 3.8) is 0 Å². The van der Waals surface area contributed by atoms with E-state index in [4.69, 9.17) is 9.39 Å². The van der Waals surface area contributed by atoms with Crippen molar-refractivity contribution >= 4 is 24.5 Å². The van der Waals surface area contributed by atoms with Crippen molar-refractivity contribution in [2.75, 3.05) is 7.11 Å². The molecule has 1 aromatic heterocycles. The molecule has 128 valence electrons. The van der Waals surface area contributed by atoms with E-state index in [1.165, 1.54) is 7.11 Å². The predicted molar refractivity (Wildman–Crippen MR) is 90.0 cm³/mol. The Kier molecular flexibility index (Phi) is 5.11. The summed E-state index contributed by atoms with van der Waals surface area (Å²) in [5, 5.41) is 12.4. The maximum Gasteiger partial charge on any atom is 0.491 e. The number of amides is 1. The van der Waals surface area contributed by atoms with Crippen molar-refractivity contribution in [3.05, 3.63) is 59.4 Å². The predicted octanol–water partition coefficient (Wildman–Crippen LogP) is -0.187. The lowest BCUT2D eigenvalue weighted by Crippen LogP contribution is -2.43. The number of aromatic nitrogens is 1. The molecule has 0 bridgehead atoms. The maximum absolute atomic E-state index is 12.5. The van der Waals surface area contributed by atoms with E-state index in [1.807, 2.05) is 0 Å². The van der Waals surface area contributed by atoms with Crippen LogP contribution in [0, 0.1) is 0 Å². The van der Waals surface area contributed by atoms with Gasteiger partial charge < -0.3 is 19.7 Å². The van der Waals surface area contributed by atoms with Gasteiger partial charge in [0.15, 0.2) is 0 Å². The molecule has 7 nitrogen and oxygen atoms in total. The summed E-state index contributed by atoms with van der Waals surface area (Å²) >= 11 is 0. The smallest absolute Gasteiger partial charge is 0.467 e. The van der Waals surface area contributed by atoms with E-state index in [0.717, 1.165) is 11.1 Å². The van der Waals surface area contributed by atoms with Gasteiger partial charge in [-0.1, -0.05) is 6.07 Å². The summed E-state index contributed by atoms with van der Waals surface area (Å²) in [4.78, 5) is 28.5. The molecule has 1 atom stereocenters. The van der Waals surface area contributed by atoms with E-state index >= 15 is 0 Å². The number of carbonyl (C=O) groups is 2. The Morgan fingerprint density at radius 1 is 1.36 bits per heavy atom. The Bertz CT molecular complexity index is 784. The summed E-state index contributed by atoms with van der Waals surface area (Å²) in [6.45, 7) is 0.311. The number of ether oxygens (including phenoxy) is 1. The quantitative estimate of drug-likeness (QED) is 0.579. The fraction of sp³-hybridized carbons (Fsp3) is 0.235. The van der Waals surface area contributed by atoms with E-state index in [9.17, 15) is 14.6 Å². The number of nitrogens with one attached hydrogen (secondary N) is 1. The summed E-state index contributed by atoms with van der Waals surface area (Å²) in [5.41, 5.74) is 2.59. The number of nitrogens with zero attached hydrogens (tertiary/aromatic N) is 1. The number of methoxy groups -OCH3 is 1. The molecule has 0 spiro atoms. The molecule has 1 amide bonds. The molecule has 0 unspecified atom stereocenters. The van der Waals surface area contributed by atoms with Crippen molar-refractivity contribution < 1.29 is 24.0 Å². The number of benzene rings is 1. The zero-order valence-electron chi connectivity index (χ0n) is 13.6. The van der Waals surface area contributed by atoms with Crippen molar-refractivity contribution in [2.45, 2.75) is 19.1 Å². The molecule has 1 aliphatic heterocycles. The van der Waals surface area contributed by atoms with E-state index < -0.39 is 25.0 Å². The van der Waals surface area contributed by atoms with Crippen molar-refractivity contribution in [3.8, 4) is 0 Å². The summed E-state index contributed by atoms with van der Waals surface area (Å²) < 4.78 is 9.90. The molecule has 0 fully saturated rings. The summed E-state index contributed by atoms with van der Waals surface area (Å²) in [5.74, 6) is -0.957. The first-order chi connectivity index (χ1) is 12.1. The highest BCUT2D eigenvalue weighted by molar-refractivity contribution is 6.61. The minimum Gasteiger partial charge on any atom is -0.467 e. The second kappa shape index (κ2) is 7.46. The number of hydrogen-bond donors (Lipinski definition) is 2. The Balaban J connectivity index is 1.76. The third-order valence-corrected chi connectivity index (χ3v) is 4.05. The summed E-state index contributed by atoms with van der Waals surface area (Å²) in [6.07, 6.45) is 3.53. The topological polar surface area (TPSA) is 97.8 Å². The van der Waals surface area contributed by atoms with Gasteiger partial charge >= 0.3 is 13.1 Å². The van der Waals surface area contributed by atoms with Gasteiger partial charge in [-0.15, -0.1) is 0 Å². The van der Waals surface area contributed by atoms with Crippen molar-refractivity contribution in [1.29, 1.82) is 0 Å². The zero-order chi connectivity index (χ0) is 17.8. The van der Waals surface area contributed by atoms with Crippen molar-refractivity contribution in [2.24, 2.45) is 0 Å². The summed E-state index contributed by atoms with van der Waals surface area (Å²) in [6, 6.07) is 7.65. The highest BCUT2D eigenvalue weighted by Gasteiger charge is 2.29. The fourth-order valence-electron chi connectivity index (χ4n) is 2.69. The molecule has 1 aromatic carbocycles. The second-order valence-electron chi connectivity index (χ2n) is 5.69. The van der Waals surface area contributed by atoms with Crippen LogP contribution in [0.1, 0.15) is 21.5 Å². The molecule has 8 heteroatoms. The Hall–Kier alpha value is -2.71. The van der Waals surface area contributed by atoms with Crippen LogP contribution < -0.4 is 10.8 Å². The fourth-order valence-corrected chi connectivity index (χ4v) is 2.69. The standard InChI is InChI=1S/C17H17BN2O5/c1-24-17(22)15(8-11-4-6-19-7-5-11)20-16(21)12-2-3-13-10-25-18(23)14(13)9-12/h2-7,9,15,23H,8,10H2,1H3,(H,20,21)/t15-/m0/s1. The van der Waals surface area contributed by atoms with Gasteiger partial charge in [-0.3, -0.25) is 9.78 Å². The lowest BCUT2D eigenvalue weighted by molar-refractivity contribution is -0.142. The molecule has 3 rings (SSSR count). The Morgan fingerprint density at radius 3 is 2.84 bits per heavy atom. The minimum atomic E-state index is -1.03. The molecule has 0 aliphatic carbocycles. The van der Waals surface area contributed by atoms with Crippen LogP contribution in [0.5, 0.6) is 0 Å².